The Kier molecular flexibility index (Phi) is 6.63. The summed E-state index contributed by atoms with van der Waals surface area (Å²) in [5, 5.41) is 0. The van der Waals surface area contributed by atoms with E-state index in [9.17, 15) is 0 Å². The van der Waals surface area contributed by atoms with E-state index in [1.54, 1.807) is 0 Å². The molecule has 0 amide bonds. The first-order valence-electron chi connectivity index (χ1n) is 7.77. The Bertz CT molecular complexity index is 214. The first kappa shape index (κ1) is 18.7. The van der Waals surface area contributed by atoms with E-state index >= 15 is 0 Å². The van der Waals surface area contributed by atoms with Crippen molar-refractivity contribution in [2.45, 2.75) is 97.2 Å². The third-order valence-electron chi connectivity index (χ3n) is 6.41. The maximum atomic E-state index is 2.73. The Morgan fingerprint density at radius 3 is 0.833 bits per heavy atom. The van der Waals surface area contributed by atoms with Gasteiger partial charge in [-0.2, -0.15) is 0 Å². The van der Waals surface area contributed by atoms with E-state index in [2.05, 4.69) is 75.0 Å². The lowest BCUT2D eigenvalue weighted by Gasteiger charge is -2.51. The Morgan fingerprint density at radius 1 is 0.556 bits per heavy atom. The predicted molar refractivity (Wildman–Crippen MR) is 95.2 cm³/mol. The van der Waals surface area contributed by atoms with Gasteiger partial charge in [0.25, 0.3) is 0 Å². The highest BCUT2D eigenvalue weighted by Gasteiger charge is 2.52. The van der Waals surface area contributed by atoms with E-state index in [1.807, 2.05) is 0 Å². The lowest BCUT2D eigenvalue weighted by atomic mass is 10.5. The lowest BCUT2D eigenvalue weighted by molar-refractivity contribution is 0.913. The van der Waals surface area contributed by atoms with Crippen LogP contribution < -0.4 is 0 Å². The molecule has 0 unspecified atom stereocenters. The van der Waals surface area contributed by atoms with E-state index < -0.39 is 15.2 Å². The molecule has 0 aliphatic heterocycles. The smallest absolute Gasteiger partial charge is 0.0441 e. The molecule has 0 aliphatic carbocycles. The Hall–Kier alpha value is 0.651. The average molecular weight is 302 g/mol. The molecule has 0 fully saturated rings. The van der Waals surface area contributed by atoms with Crippen LogP contribution >= 0.6 is 0 Å². The zero-order valence-electron chi connectivity index (χ0n) is 14.8. The van der Waals surface area contributed by atoms with Crippen LogP contribution in [-0.2, 0) is 0 Å². The molecule has 0 aliphatic rings. The van der Waals surface area contributed by atoms with Crippen molar-refractivity contribution in [3.8, 4) is 0 Å². The SMILES string of the molecule is CC(C)[Si](C)(C(C)C)[Si](C)[Si](C)(C(C)C)C(C)C. The fourth-order valence-corrected chi connectivity index (χ4v) is 45.6. The van der Waals surface area contributed by atoms with Gasteiger partial charge in [0.05, 0.1) is 0 Å². The van der Waals surface area contributed by atoms with Crippen molar-refractivity contribution >= 4 is 23.0 Å². The van der Waals surface area contributed by atoms with Gasteiger partial charge in [-0.3, -0.25) is 0 Å². The van der Waals surface area contributed by atoms with Crippen molar-refractivity contribution in [1.82, 2.24) is 0 Å². The van der Waals surface area contributed by atoms with E-state index in [1.165, 1.54) is 0 Å². The maximum absolute atomic E-state index is 2.73. The summed E-state index contributed by atoms with van der Waals surface area (Å²) in [6.07, 6.45) is 0. The highest BCUT2D eigenvalue weighted by Crippen LogP contribution is 2.44. The van der Waals surface area contributed by atoms with Crippen LogP contribution in [0.3, 0.4) is 0 Å². The normalized spacial score (nSPS) is 14.7. The van der Waals surface area contributed by atoms with Gasteiger partial charge in [-0.15, -0.1) is 0 Å². The van der Waals surface area contributed by atoms with Gasteiger partial charge in [0.2, 0.25) is 0 Å². The summed E-state index contributed by atoms with van der Waals surface area (Å²) in [5.74, 6) is 0. The Morgan fingerprint density at radius 2 is 0.722 bits per heavy atom. The van der Waals surface area contributed by atoms with Crippen molar-refractivity contribution in [2.75, 3.05) is 0 Å². The van der Waals surface area contributed by atoms with Gasteiger partial charge < -0.3 is 0 Å². The van der Waals surface area contributed by atoms with E-state index in [0.29, 0.717) is 0 Å². The second-order valence-corrected chi connectivity index (χ2v) is 31.3. The Labute approximate surface area is 120 Å². The third-order valence-corrected chi connectivity index (χ3v) is 45.6. The highest BCUT2D eigenvalue weighted by atomic mass is 29.6. The molecule has 1 radical (unpaired) electrons. The topological polar surface area (TPSA) is 0 Å². The van der Waals surface area contributed by atoms with Gasteiger partial charge >= 0.3 is 0 Å². The quantitative estimate of drug-likeness (QED) is 0.523. The molecule has 18 heavy (non-hydrogen) atoms. The van der Waals surface area contributed by atoms with E-state index in [0.717, 1.165) is 22.2 Å². The van der Waals surface area contributed by atoms with Crippen LogP contribution in [0.5, 0.6) is 0 Å². The van der Waals surface area contributed by atoms with Crippen molar-refractivity contribution in [1.29, 1.82) is 0 Å². The molecule has 0 spiro atoms. The molecule has 0 saturated heterocycles. The molecule has 0 aromatic rings. The van der Waals surface area contributed by atoms with Crippen LogP contribution in [0, 0.1) is 0 Å². The molecule has 0 bridgehead atoms. The highest BCUT2D eigenvalue weighted by molar-refractivity contribution is 7.61. The summed E-state index contributed by atoms with van der Waals surface area (Å²) in [6, 6.07) is 0. The first-order chi connectivity index (χ1) is 7.93. The Balaban J connectivity index is 5.63. The molecule has 0 saturated carbocycles. The predicted octanol–water partition coefficient (Wildman–Crippen LogP) is 6.07. The zero-order valence-corrected chi connectivity index (χ0v) is 17.8. The summed E-state index contributed by atoms with van der Waals surface area (Å²) < 4.78 is 0. The summed E-state index contributed by atoms with van der Waals surface area (Å²) in [7, 11) is -2.39. The largest absolute Gasteiger partial charge is 0.0750 e. The van der Waals surface area contributed by atoms with Crippen LogP contribution in [0.2, 0.25) is 41.8 Å². The zero-order chi connectivity index (χ0) is 14.9. The van der Waals surface area contributed by atoms with Gasteiger partial charge in [-0.05, 0) is 0 Å². The van der Waals surface area contributed by atoms with Gasteiger partial charge in [-0.25, -0.2) is 0 Å². The van der Waals surface area contributed by atoms with Crippen LogP contribution in [0.15, 0.2) is 0 Å². The van der Waals surface area contributed by atoms with Gasteiger partial charge in [-0.1, -0.05) is 97.2 Å². The molecule has 0 aromatic carbocycles. The molecule has 109 valence electrons. The number of rotatable bonds is 6. The van der Waals surface area contributed by atoms with Crippen LogP contribution in [-0.4, -0.2) is 23.0 Å². The minimum atomic E-state index is -1.10. The average Bonchev–Trinajstić information content (AvgIpc) is 2.24. The lowest BCUT2D eigenvalue weighted by Crippen LogP contribution is -2.67. The monoisotopic (exact) mass is 301 g/mol. The van der Waals surface area contributed by atoms with Crippen molar-refractivity contribution in [3.05, 3.63) is 0 Å². The summed E-state index contributed by atoms with van der Waals surface area (Å²) >= 11 is 0. The standard InChI is InChI=1S/C15H37Si3/c1-12(2)17(10,13(3)4)16(9)18(11,14(5)6)15(7)8/h12-15H,1-11H3. The molecular weight excluding hydrogens is 264 g/mol. The van der Waals surface area contributed by atoms with Gasteiger partial charge in [0, 0.05) is 23.0 Å². The van der Waals surface area contributed by atoms with Crippen molar-refractivity contribution in [3.63, 3.8) is 0 Å². The molecule has 3 heteroatoms. The summed E-state index contributed by atoms with van der Waals surface area (Å²) in [6.45, 7) is 28.3. The van der Waals surface area contributed by atoms with E-state index in [4.69, 9.17) is 0 Å². The molecule has 0 heterocycles. The molecule has 0 aromatic heterocycles. The van der Waals surface area contributed by atoms with Crippen molar-refractivity contribution < 1.29 is 0 Å². The van der Waals surface area contributed by atoms with Gasteiger partial charge in [0.1, 0.15) is 0 Å². The molecule has 0 nitrogen and oxygen atoms in total. The van der Waals surface area contributed by atoms with Crippen LogP contribution in [0.25, 0.3) is 0 Å². The minimum Gasteiger partial charge on any atom is -0.0750 e. The fraction of sp³-hybridized carbons (Fsp3) is 1.00. The maximum Gasteiger partial charge on any atom is 0.0441 e. The molecule has 0 rings (SSSR count). The molecular formula is C15H37Si3. The second kappa shape index (κ2) is 6.40. The molecule has 0 atom stereocenters. The van der Waals surface area contributed by atoms with Crippen LogP contribution in [0.1, 0.15) is 55.4 Å². The fourth-order valence-electron chi connectivity index (χ4n) is 3.65. The number of hydrogen-bond acceptors (Lipinski definition) is 0. The van der Waals surface area contributed by atoms with E-state index in [-0.39, 0.29) is 7.83 Å². The third kappa shape index (κ3) is 3.04. The summed E-state index contributed by atoms with van der Waals surface area (Å²) in [5.41, 5.74) is 3.78. The summed E-state index contributed by atoms with van der Waals surface area (Å²) in [4.78, 5) is 0. The first-order valence-corrected chi connectivity index (χ1v) is 17.1. The second-order valence-electron chi connectivity index (χ2n) is 7.81. The molecule has 0 N–H and O–H groups in total. The van der Waals surface area contributed by atoms with Crippen LogP contribution in [0.4, 0.5) is 0 Å². The van der Waals surface area contributed by atoms with Gasteiger partial charge in [0.15, 0.2) is 0 Å². The minimum absolute atomic E-state index is 0.184. The number of hydrogen-bond donors (Lipinski definition) is 0. The van der Waals surface area contributed by atoms with Crippen molar-refractivity contribution in [2.24, 2.45) is 0 Å².